The van der Waals surface area contributed by atoms with Crippen LogP contribution in [0.5, 0.6) is 0 Å². The molecule has 0 aromatic heterocycles. The number of hydrogen-bond acceptors (Lipinski definition) is 7. The van der Waals surface area contributed by atoms with E-state index in [1.807, 2.05) is 0 Å². The van der Waals surface area contributed by atoms with E-state index < -0.39 is 18.1 Å². The molecule has 0 amide bonds. The fourth-order valence-corrected chi connectivity index (χ4v) is 4.09. The van der Waals surface area contributed by atoms with Crippen LogP contribution in [0.1, 0.15) is 20.8 Å². The van der Waals surface area contributed by atoms with E-state index >= 15 is 0 Å². The van der Waals surface area contributed by atoms with Crippen molar-refractivity contribution in [3.63, 3.8) is 0 Å². The molecule has 0 atom stereocenters. The van der Waals surface area contributed by atoms with Crippen LogP contribution < -0.4 is 0 Å². The SMILES string of the molecule is CCO[Si](O)(O)O[Si](O)(OCC)OCC. The zero-order chi connectivity index (χ0) is 11.9. The first-order valence-corrected chi connectivity index (χ1v) is 8.06. The van der Waals surface area contributed by atoms with Crippen molar-refractivity contribution in [1.29, 1.82) is 0 Å². The Hall–Kier alpha value is 0.154. The third-order valence-corrected chi connectivity index (χ3v) is 5.31. The van der Waals surface area contributed by atoms with Crippen LogP contribution in [0.4, 0.5) is 0 Å². The Morgan fingerprint density at radius 3 is 1.53 bits per heavy atom. The van der Waals surface area contributed by atoms with Crippen LogP contribution >= 0.6 is 0 Å². The molecule has 7 nitrogen and oxygen atoms in total. The first kappa shape index (κ1) is 15.2. The normalized spacial score (nSPS) is 13.2. The zero-order valence-corrected chi connectivity index (χ0v) is 11.1. The summed E-state index contributed by atoms with van der Waals surface area (Å²) in [6, 6.07) is 0. The summed E-state index contributed by atoms with van der Waals surface area (Å²) in [5, 5.41) is 0. The largest absolute Gasteiger partial charge is 0.671 e. The molecule has 0 aliphatic carbocycles. The lowest BCUT2D eigenvalue weighted by Crippen LogP contribution is -2.58. The Bertz CT molecular complexity index is 171. The van der Waals surface area contributed by atoms with E-state index in [4.69, 9.17) is 8.85 Å². The van der Waals surface area contributed by atoms with Gasteiger partial charge in [0.05, 0.1) is 0 Å². The molecule has 0 aromatic rings. The lowest BCUT2D eigenvalue weighted by atomic mass is 10.9. The van der Waals surface area contributed by atoms with E-state index in [0.717, 1.165) is 0 Å². The van der Waals surface area contributed by atoms with Crippen LogP contribution in [0.25, 0.3) is 0 Å². The van der Waals surface area contributed by atoms with Gasteiger partial charge in [-0.05, 0) is 20.8 Å². The quantitative estimate of drug-likeness (QED) is 0.478. The molecule has 0 fully saturated rings. The van der Waals surface area contributed by atoms with Gasteiger partial charge in [-0.1, -0.05) is 0 Å². The van der Waals surface area contributed by atoms with Crippen molar-refractivity contribution < 1.29 is 31.8 Å². The fraction of sp³-hybridized carbons (Fsp3) is 1.00. The van der Waals surface area contributed by atoms with Crippen molar-refractivity contribution in [1.82, 2.24) is 0 Å². The van der Waals surface area contributed by atoms with Gasteiger partial charge < -0.3 is 31.8 Å². The minimum atomic E-state index is -4.35. The number of hydrogen-bond donors (Lipinski definition) is 3. The molecule has 0 aliphatic heterocycles. The summed E-state index contributed by atoms with van der Waals surface area (Å²) >= 11 is 0. The predicted octanol–water partition coefficient (Wildman–Crippen LogP) is -1.04. The average molecular weight is 258 g/mol. The van der Waals surface area contributed by atoms with Crippen molar-refractivity contribution in [3.8, 4) is 0 Å². The van der Waals surface area contributed by atoms with Crippen molar-refractivity contribution in [3.05, 3.63) is 0 Å². The molecule has 9 heteroatoms. The van der Waals surface area contributed by atoms with Gasteiger partial charge in [-0.3, -0.25) is 0 Å². The second kappa shape index (κ2) is 6.68. The van der Waals surface area contributed by atoms with Gasteiger partial charge in [0.15, 0.2) is 0 Å². The van der Waals surface area contributed by atoms with Crippen molar-refractivity contribution in [2.24, 2.45) is 0 Å². The Morgan fingerprint density at radius 1 is 0.800 bits per heavy atom. The maximum atomic E-state index is 9.68. The first-order valence-electron chi connectivity index (χ1n) is 4.68. The highest BCUT2D eigenvalue weighted by Crippen LogP contribution is 2.11. The van der Waals surface area contributed by atoms with E-state index in [2.05, 4.69) is 8.54 Å². The summed E-state index contributed by atoms with van der Waals surface area (Å²) < 4.78 is 18.9. The molecule has 3 N–H and O–H groups in total. The molecular weight excluding hydrogens is 240 g/mol. The van der Waals surface area contributed by atoms with Crippen molar-refractivity contribution in [2.75, 3.05) is 19.8 Å². The number of rotatable bonds is 8. The summed E-state index contributed by atoms with van der Waals surface area (Å²) in [6.07, 6.45) is 0. The van der Waals surface area contributed by atoms with Gasteiger partial charge in [0.2, 0.25) is 0 Å². The second-order valence-corrected chi connectivity index (χ2v) is 6.30. The molecule has 0 aliphatic rings. The van der Waals surface area contributed by atoms with Crippen molar-refractivity contribution >= 4 is 18.1 Å². The minimum absolute atomic E-state index is 0.0575. The van der Waals surface area contributed by atoms with Crippen LogP contribution in [0, 0.1) is 0 Å². The summed E-state index contributed by atoms with van der Waals surface area (Å²) in [5.41, 5.74) is 0. The average Bonchev–Trinajstić information content (AvgIpc) is 2.02. The maximum absolute atomic E-state index is 9.68. The molecule has 15 heavy (non-hydrogen) atoms. The molecule has 0 unspecified atom stereocenters. The molecule has 0 aromatic carbocycles. The van der Waals surface area contributed by atoms with Gasteiger partial charge >= 0.3 is 18.1 Å². The lowest BCUT2D eigenvalue weighted by Gasteiger charge is -2.26. The molecule has 0 rings (SSSR count). The van der Waals surface area contributed by atoms with Crippen LogP contribution in [0.3, 0.4) is 0 Å². The highest BCUT2D eigenvalue weighted by Gasteiger charge is 2.53. The van der Waals surface area contributed by atoms with Crippen molar-refractivity contribution in [2.45, 2.75) is 20.8 Å². The predicted molar refractivity (Wildman–Crippen MR) is 54.1 cm³/mol. The van der Waals surface area contributed by atoms with E-state index in [1.165, 1.54) is 0 Å². The second-order valence-electron chi connectivity index (χ2n) is 2.47. The molecule has 0 radical (unpaired) electrons. The molecule has 0 bridgehead atoms. The van der Waals surface area contributed by atoms with Crippen LogP contribution in [0.2, 0.25) is 0 Å². The zero-order valence-electron chi connectivity index (χ0n) is 9.10. The summed E-state index contributed by atoms with van der Waals surface area (Å²) in [6.45, 7) is 5.15. The summed E-state index contributed by atoms with van der Waals surface area (Å²) in [7, 11) is -8.34. The van der Waals surface area contributed by atoms with E-state index in [9.17, 15) is 14.4 Å². The van der Waals surface area contributed by atoms with Gasteiger partial charge in [0.1, 0.15) is 0 Å². The Kier molecular flexibility index (Phi) is 6.74. The fourth-order valence-electron chi connectivity index (χ4n) is 0.851. The Labute approximate surface area is 91.1 Å². The smallest absolute Gasteiger partial charge is 0.368 e. The summed E-state index contributed by atoms with van der Waals surface area (Å²) in [4.78, 5) is 28.2. The minimum Gasteiger partial charge on any atom is -0.368 e. The summed E-state index contributed by atoms with van der Waals surface area (Å²) in [5.74, 6) is 0. The van der Waals surface area contributed by atoms with E-state index in [1.54, 1.807) is 20.8 Å². The van der Waals surface area contributed by atoms with Gasteiger partial charge in [-0.25, -0.2) is 0 Å². The van der Waals surface area contributed by atoms with E-state index in [-0.39, 0.29) is 19.8 Å². The van der Waals surface area contributed by atoms with Gasteiger partial charge in [0, 0.05) is 19.8 Å². The highest BCUT2D eigenvalue weighted by atomic mass is 28.5. The Morgan fingerprint density at radius 2 is 1.20 bits per heavy atom. The molecule has 0 heterocycles. The van der Waals surface area contributed by atoms with Crippen LogP contribution in [-0.4, -0.2) is 52.3 Å². The van der Waals surface area contributed by atoms with E-state index in [0.29, 0.717) is 0 Å². The third kappa shape index (κ3) is 6.34. The van der Waals surface area contributed by atoms with Crippen LogP contribution in [0.15, 0.2) is 0 Å². The monoisotopic (exact) mass is 258 g/mol. The standard InChI is InChI=1S/C6H18O7Si2/c1-4-10-14(7,8)13-15(9,11-5-2)12-6-3/h7-9H,4-6H2,1-3H3. The molecule has 0 saturated heterocycles. The Balaban J connectivity index is 4.37. The van der Waals surface area contributed by atoms with Gasteiger partial charge in [0.25, 0.3) is 0 Å². The maximum Gasteiger partial charge on any atom is 0.671 e. The lowest BCUT2D eigenvalue weighted by molar-refractivity contribution is -0.0187. The third-order valence-electron chi connectivity index (χ3n) is 1.25. The van der Waals surface area contributed by atoms with Gasteiger partial charge in [-0.2, -0.15) is 0 Å². The molecule has 0 saturated carbocycles. The highest BCUT2D eigenvalue weighted by molar-refractivity contribution is 6.66. The van der Waals surface area contributed by atoms with Crippen LogP contribution in [-0.2, 0) is 17.4 Å². The first-order chi connectivity index (χ1) is 6.89. The molecule has 0 spiro atoms. The molecular formula is C6H18O7Si2. The van der Waals surface area contributed by atoms with Gasteiger partial charge in [-0.15, -0.1) is 0 Å². The topological polar surface area (TPSA) is 97.6 Å². The molecule has 92 valence electrons.